The van der Waals surface area contributed by atoms with Crippen LogP contribution in [0.25, 0.3) is 5.65 Å². The summed E-state index contributed by atoms with van der Waals surface area (Å²) in [4.78, 5) is 25.4. The van der Waals surface area contributed by atoms with Crippen molar-refractivity contribution >= 4 is 23.5 Å². The molecular weight excluding hydrogens is 194 g/mol. The Hall–Kier alpha value is -2.17. The number of imidazole rings is 1. The molecule has 0 atom stereocenters. The minimum Gasteiger partial charge on any atom is -0.327 e. The summed E-state index contributed by atoms with van der Waals surface area (Å²) in [5, 5.41) is 2.52. The van der Waals surface area contributed by atoms with Gasteiger partial charge in [-0.25, -0.2) is 4.98 Å². The number of aromatic nitrogens is 2. The molecule has 0 aromatic carbocycles. The van der Waals surface area contributed by atoms with Crippen molar-refractivity contribution in [3.05, 3.63) is 30.2 Å². The van der Waals surface area contributed by atoms with Crippen molar-refractivity contribution in [3.8, 4) is 0 Å². The number of carbonyl (C=O) groups is 2. The smallest absolute Gasteiger partial charge is 0.211 e. The second kappa shape index (κ2) is 3.53. The Morgan fingerprint density at radius 3 is 2.93 bits per heavy atom. The number of amides is 1. The van der Waals surface area contributed by atoms with E-state index in [0.717, 1.165) is 0 Å². The largest absolute Gasteiger partial charge is 0.327 e. The summed E-state index contributed by atoms with van der Waals surface area (Å²) in [5.41, 5.74) is 1.75. The van der Waals surface area contributed by atoms with Gasteiger partial charge in [0.05, 0.1) is 5.69 Å². The van der Waals surface area contributed by atoms with Gasteiger partial charge in [-0.3, -0.25) is 9.59 Å². The molecule has 2 aromatic rings. The lowest BCUT2D eigenvalue weighted by Crippen LogP contribution is -1.95. The van der Waals surface area contributed by atoms with E-state index in [1.807, 2.05) is 0 Å². The number of ketones is 1. The number of nitrogens with zero attached hydrogens (tertiary/aromatic N) is 2. The van der Waals surface area contributed by atoms with Gasteiger partial charge in [-0.05, 0) is 12.1 Å². The third kappa shape index (κ3) is 1.71. The number of pyridine rings is 1. The number of hydrogen-bond acceptors (Lipinski definition) is 3. The van der Waals surface area contributed by atoms with Crippen molar-refractivity contribution in [2.45, 2.75) is 6.92 Å². The minimum atomic E-state index is -0.0800. The van der Waals surface area contributed by atoms with Crippen LogP contribution in [0.15, 0.2) is 24.5 Å². The first kappa shape index (κ1) is 9.39. The molecule has 5 heteroatoms. The summed E-state index contributed by atoms with van der Waals surface area (Å²) >= 11 is 0. The Morgan fingerprint density at radius 1 is 1.47 bits per heavy atom. The van der Waals surface area contributed by atoms with Crippen LogP contribution < -0.4 is 5.32 Å². The van der Waals surface area contributed by atoms with E-state index < -0.39 is 0 Å². The molecule has 1 N–H and O–H groups in total. The molecular formula is C10H9N3O2. The fraction of sp³-hybridized carbons (Fsp3) is 0.100. The number of hydrogen-bond donors (Lipinski definition) is 1. The average Bonchev–Trinajstić information content (AvgIpc) is 2.61. The van der Waals surface area contributed by atoms with E-state index in [-0.39, 0.29) is 5.78 Å². The molecule has 0 aliphatic rings. The van der Waals surface area contributed by atoms with Crippen LogP contribution in [-0.2, 0) is 4.79 Å². The van der Waals surface area contributed by atoms with Crippen LogP contribution in [0.4, 0.5) is 5.69 Å². The fourth-order valence-corrected chi connectivity index (χ4v) is 1.31. The number of Topliss-reactive ketones (excluding diaryl/α,β-unsaturated/α-hetero) is 1. The Morgan fingerprint density at radius 2 is 2.27 bits per heavy atom. The van der Waals surface area contributed by atoms with E-state index in [1.54, 1.807) is 28.9 Å². The summed E-state index contributed by atoms with van der Waals surface area (Å²) in [5.74, 6) is -0.0800. The van der Waals surface area contributed by atoms with Gasteiger partial charge in [-0.15, -0.1) is 0 Å². The normalized spacial score (nSPS) is 10.2. The van der Waals surface area contributed by atoms with Gasteiger partial charge in [-0.2, -0.15) is 0 Å². The zero-order chi connectivity index (χ0) is 10.8. The van der Waals surface area contributed by atoms with Crippen molar-refractivity contribution in [3.63, 3.8) is 0 Å². The van der Waals surface area contributed by atoms with Crippen LogP contribution >= 0.6 is 0 Å². The summed E-state index contributed by atoms with van der Waals surface area (Å²) < 4.78 is 1.70. The van der Waals surface area contributed by atoms with Gasteiger partial charge in [0.2, 0.25) is 6.41 Å². The monoisotopic (exact) mass is 203 g/mol. The first-order valence-electron chi connectivity index (χ1n) is 4.40. The maximum absolute atomic E-state index is 11.1. The van der Waals surface area contributed by atoms with Crippen LogP contribution in [0.2, 0.25) is 0 Å². The highest BCUT2D eigenvalue weighted by Crippen LogP contribution is 2.11. The van der Waals surface area contributed by atoms with E-state index in [0.29, 0.717) is 23.4 Å². The maximum Gasteiger partial charge on any atom is 0.211 e. The minimum absolute atomic E-state index is 0.0800. The van der Waals surface area contributed by atoms with E-state index in [4.69, 9.17) is 0 Å². The van der Waals surface area contributed by atoms with Crippen LogP contribution in [0, 0.1) is 0 Å². The standard InChI is InChI=1S/C10H9N3O2/c1-7(15)9-5-13-4-8(11-6-14)2-3-10(13)12-9/h2-6H,1H3,(H,11,14). The molecule has 5 nitrogen and oxygen atoms in total. The summed E-state index contributed by atoms with van der Waals surface area (Å²) in [7, 11) is 0. The predicted molar refractivity (Wildman–Crippen MR) is 54.9 cm³/mol. The number of nitrogens with one attached hydrogen (secondary N) is 1. The fourth-order valence-electron chi connectivity index (χ4n) is 1.31. The molecule has 0 unspecified atom stereocenters. The van der Waals surface area contributed by atoms with Gasteiger partial charge in [0.1, 0.15) is 11.3 Å². The van der Waals surface area contributed by atoms with Gasteiger partial charge < -0.3 is 9.72 Å². The number of anilines is 1. The Labute approximate surface area is 85.7 Å². The molecule has 2 rings (SSSR count). The summed E-state index contributed by atoms with van der Waals surface area (Å²) in [6.45, 7) is 1.46. The quantitative estimate of drug-likeness (QED) is 0.600. The lowest BCUT2D eigenvalue weighted by atomic mass is 10.3. The SMILES string of the molecule is CC(=O)c1cn2cc(NC=O)ccc2n1. The maximum atomic E-state index is 11.1. The van der Waals surface area contributed by atoms with E-state index in [9.17, 15) is 9.59 Å². The first-order chi connectivity index (χ1) is 7.20. The third-order valence-corrected chi connectivity index (χ3v) is 2.04. The molecule has 0 saturated carbocycles. The molecule has 0 fully saturated rings. The first-order valence-corrected chi connectivity index (χ1v) is 4.40. The van der Waals surface area contributed by atoms with E-state index in [1.165, 1.54) is 6.92 Å². The van der Waals surface area contributed by atoms with Crippen LogP contribution in [0.5, 0.6) is 0 Å². The van der Waals surface area contributed by atoms with Crippen molar-refractivity contribution < 1.29 is 9.59 Å². The van der Waals surface area contributed by atoms with Crippen LogP contribution in [-0.4, -0.2) is 21.6 Å². The van der Waals surface area contributed by atoms with Crippen LogP contribution in [0.1, 0.15) is 17.4 Å². The van der Waals surface area contributed by atoms with Gasteiger partial charge in [-0.1, -0.05) is 0 Å². The van der Waals surface area contributed by atoms with E-state index >= 15 is 0 Å². The highest BCUT2D eigenvalue weighted by Gasteiger charge is 2.05. The number of rotatable bonds is 3. The molecule has 0 saturated heterocycles. The average molecular weight is 203 g/mol. The lowest BCUT2D eigenvalue weighted by Gasteiger charge is -1.98. The number of fused-ring (bicyclic) bond motifs is 1. The van der Waals surface area contributed by atoms with Gasteiger partial charge in [0.15, 0.2) is 5.78 Å². The van der Waals surface area contributed by atoms with Gasteiger partial charge >= 0.3 is 0 Å². The topological polar surface area (TPSA) is 63.5 Å². The summed E-state index contributed by atoms with van der Waals surface area (Å²) in [6, 6.07) is 3.46. The van der Waals surface area contributed by atoms with Crippen LogP contribution in [0.3, 0.4) is 0 Å². The molecule has 2 heterocycles. The second-order valence-electron chi connectivity index (χ2n) is 3.13. The predicted octanol–water partition coefficient (Wildman–Crippen LogP) is 1.11. The Balaban J connectivity index is 2.51. The van der Waals surface area contributed by atoms with E-state index in [2.05, 4.69) is 10.3 Å². The molecule has 15 heavy (non-hydrogen) atoms. The zero-order valence-corrected chi connectivity index (χ0v) is 8.10. The van der Waals surface area contributed by atoms with Crippen molar-refractivity contribution in [2.24, 2.45) is 0 Å². The molecule has 0 radical (unpaired) electrons. The Kier molecular flexibility index (Phi) is 2.21. The molecule has 0 bridgehead atoms. The van der Waals surface area contributed by atoms with Crippen molar-refractivity contribution in [1.82, 2.24) is 9.38 Å². The second-order valence-corrected chi connectivity index (χ2v) is 3.13. The van der Waals surface area contributed by atoms with Gasteiger partial charge in [0.25, 0.3) is 0 Å². The van der Waals surface area contributed by atoms with Gasteiger partial charge in [0, 0.05) is 19.3 Å². The number of carbonyl (C=O) groups excluding carboxylic acids is 2. The molecule has 1 amide bonds. The van der Waals surface area contributed by atoms with Crippen molar-refractivity contribution in [1.29, 1.82) is 0 Å². The molecule has 0 spiro atoms. The van der Waals surface area contributed by atoms with Crippen molar-refractivity contribution in [2.75, 3.05) is 5.32 Å². The third-order valence-electron chi connectivity index (χ3n) is 2.04. The highest BCUT2D eigenvalue weighted by molar-refractivity contribution is 5.92. The molecule has 76 valence electrons. The molecule has 0 aliphatic carbocycles. The molecule has 0 aliphatic heterocycles. The molecule has 2 aromatic heterocycles. The zero-order valence-electron chi connectivity index (χ0n) is 8.10. The Bertz CT molecular complexity index is 530. The summed E-state index contributed by atoms with van der Waals surface area (Å²) in [6.07, 6.45) is 3.93. The lowest BCUT2D eigenvalue weighted by molar-refractivity contribution is -0.105. The highest BCUT2D eigenvalue weighted by atomic mass is 16.1.